The van der Waals surface area contributed by atoms with Crippen molar-refractivity contribution in [1.82, 2.24) is 0 Å². The van der Waals surface area contributed by atoms with Gasteiger partial charge in [-0.05, 0) is 50.7 Å². The van der Waals surface area contributed by atoms with E-state index in [4.69, 9.17) is 25.8 Å². The second-order valence-electron chi connectivity index (χ2n) is 5.42. The van der Waals surface area contributed by atoms with E-state index in [0.29, 0.717) is 29.9 Å². The molecule has 0 bridgehead atoms. The van der Waals surface area contributed by atoms with Crippen LogP contribution in [0.1, 0.15) is 32.3 Å². The Morgan fingerprint density at radius 1 is 1.23 bits per heavy atom. The van der Waals surface area contributed by atoms with Crippen LogP contribution in [0.25, 0.3) is 0 Å². The standard InChI is InChI=1S/C17H23ClO4/c1-4-21-15-10-16(22-5-2)14(18)9-12(15)7-6-11-8-13(11)17(19)20-3/h9-11,13H,4-8H2,1-3H3. The van der Waals surface area contributed by atoms with E-state index >= 15 is 0 Å². The first-order valence-corrected chi connectivity index (χ1v) is 8.14. The highest BCUT2D eigenvalue weighted by Gasteiger charge is 2.43. The number of halogens is 1. The summed E-state index contributed by atoms with van der Waals surface area (Å²) < 4.78 is 16.0. The molecular formula is C17H23ClO4. The third-order valence-electron chi connectivity index (χ3n) is 3.93. The highest BCUT2D eigenvalue weighted by atomic mass is 35.5. The SMILES string of the molecule is CCOc1cc(OCC)c(CCC2CC2C(=O)OC)cc1Cl. The highest BCUT2D eigenvalue weighted by molar-refractivity contribution is 6.32. The molecule has 0 heterocycles. The van der Waals surface area contributed by atoms with E-state index < -0.39 is 0 Å². The van der Waals surface area contributed by atoms with Crippen LogP contribution < -0.4 is 9.47 Å². The van der Waals surface area contributed by atoms with Crippen molar-refractivity contribution < 1.29 is 19.0 Å². The van der Waals surface area contributed by atoms with Crippen molar-refractivity contribution in [2.75, 3.05) is 20.3 Å². The monoisotopic (exact) mass is 326 g/mol. The van der Waals surface area contributed by atoms with Crippen molar-refractivity contribution in [1.29, 1.82) is 0 Å². The largest absolute Gasteiger partial charge is 0.493 e. The number of methoxy groups -OCH3 is 1. The lowest BCUT2D eigenvalue weighted by atomic mass is 10.0. The van der Waals surface area contributed by atoms with E-state index in [9.17, 15) is 4.79 Å². The van der Waals surface area contributed by atoms with Crippen molar-refractivity contribution in [3.05, 3.63) is 22.7 Å². The second kappa shape index (κ2) is 7.73. The summed E-state index contributed by atoms with van der Waals surface area (Å²) in [7, 11) is 1.44. The topological polar surface area (TPSA) is 44.8 Å². The lowest BCUT2D eigenvalue weighted by molar-refractivity contribution is -0.142. The molecule has 2 unspecified atom stereocenters. The first-order chi connectivity index (χ1) is 10.6. The van der Waals surface area contributed by atoms with Crippen LogP contribution in [-0.2, 0) is 16.0 Å². The fourth-order valence-corrected chi connectivity index (χ4v) is 2.92. The van der Waals surface area contributed by atoms with Crippen LogP contribution >= 0.6 is 11.6 Å². The molecule has 0 aromatic heterocycles. The normalized spacial score (nSPS) is 19.6. The summed E-state index contributed by atoms with van der Waals surface area (Å²) in [5, 5.41) is 0.598. The Bertz CT molecular complexity index is 530. The van der Waals surface area contributed by atoms with Crippen LogP contribution in [-0.4, -0.2) is 26.3 Å². The molecule has 22 heavy (non-hydrogen) atoms. The summed E-state index contributed by atoms with van der Waals surface area (Å²) in [6.07, 6.45) is 2.69. The van der Waals surface area contributed by atoms with Gasteiger partial charge in [-0.3, -0.25) is 4.79 Å². The second-order valence-corrected chi connectivity index (χ2v) is 5.83. The van der Waals surface area contributed by atoms with Gasteiger partial charge in [0.15, 0.2) is 0 Å². The molecule has 1 aliphatic rings. The molecule has 1 fully saturated rings. The fraction of sp³-hybridized carbons (Fsp3) is 0.588. The van der Waals surface area contributed by atoms with Gasteiger partial charge in [-0.15, -0.1) is 0 Å². The van der Waals surface area contributed by atoms with Gasteiger partial charge in [-0.1, -0.05) is 11.6 Å². The molecule has 4 nitrogen and oxygen atoms in total. The minimum atomic E-state index is -0.0974. The number of esters is 1. The van der Waals surface area contributed by atoms with E-state index in [1.54, 1.807) is 0 Å². The molecule has 5 heteroatoms. The van der Waals surface area contributed by atoms with E-state index in [1.807, 2.05) is 26.0 Å². The van der Waals surface area contributed by atoms with Gasteiger partial charge < -0.3 is 14.2 Å². The Balaban J connectivity index is 2.03. The molecule has 2 rings (SSSR count). The Kier molecular flexibility index (Phi) is 5.95. The van der Waals surface area contributed by atoms with Gasteiger partial charge in [0.25, 0.3) is 0 Å². The Labute approximate surface area is 136 Å². The number of carbonyl (C=O) groups is 1. The average molecular weight is 327 g/mol. The van der Waals surface area contributed by atoms with Gasteiger partial charge in [0.2, 0.25) is 0 Å². The lowest BCUT2D eigenvalue weighted by Crippen LogP contribution is -2.05. The third-order valence-corrected chi connectivity index (χ3v) is 4.22. The third kappa shape index (κ3) is 4.07. The summed E-state index contributed by atoms with van der Waals surface area (Å²) in [5.74, 6) is 1.84. The zero-order chi connectivity index (χ0) is 16.1. The zero-order valence-electron chi connectivity index (χ0n) is 13.4. The van der Waals surface area contributed by atoms with E-state index in [2.05, 4.69) is 0 Å². The van der Waals surface area contributed by atoms with Crippen molar-refractivity contribution in [2.45, 2.75) is 33.1 Å². The predicted octanol–water partition coefficient (Wildman–Crippen LogP) is 3.88. The number of hydrogen-bond acceptors (Lipinski definition) is 4. The maximum Gasteiger partial charge on any atom is 0.308 e. The van der Waals surface area contributed by atoms with Crippen LogP contribution in [0, 0.1) is 11.8 Å². The summed E-state index contributed by atoms with van der Waals surface area (Å²) in [4.78, 5) is 11.5. The molecular weight excluding hydrogens is 304 g/mol. The zero-order valence-corrected chi connectivity index (χ0v) is 14.1. The van der Waals surface area contributed by atoms with Crippen LogP contribution in [0.2, 0.25) is 5.02 Å². The smallest absolute Gasteiger partial charge is 0.308 e. The minimum absolute atomic E-state index is 0.0683. The van der Waals surface area contributed by atoms with Crippen molar-refractivity contribution in [3.8, 4) is 11.5 Å². The summed E-state index contributed by atoms with van der Waals surface area (Å²) in [6, 6.07) is 3.77. The number of carbonyl (C=O) groups excluding carboxylic acids is 1. The average Bonchev–Trinajstić information content (AvgIpc) is 3.28. The molecule has 1 saturated carbocycles. The highest BCUT2D eigenvalue weighted by Crippen LogP contribution is 2.44. The van der Waals surface area contributed by atoms with Gasteiger partial charge in [-0.2, -0.15) is 0 Å². The molecule has 0 N–H and O–H groups in total. The molecule has 0 aliphatic heterocycles. The molecule has 1 aromatic rings. The van der Waals surface area contributed by atoms with E-state index in [1.165, 1.54) is 7.11 Å². The molecule has 2 atom stereocenters. The number of ether oxygens (including phenoxy) is 3. The van der Waals surface area contributed by atoms with Crippen LogP contribution in [0.3, 0.4) is 0 Å². The minimum Gasteiger partial charge on any atom is -0.493 e. The molecule has 1 aliphatic carbocycles. The maximum absolute atomic E-state index is 11.5. The number of rotatable bonds is 8. The number of aryl methyl sites for hydroxylation is 1. The first kappa shape index (κ1) is 16.9. The Hall–Kier alpha value is -1.42. The Morgan fingerprint density at radius 3 is 2.55 bits per heavy atom. The number of hydrogen-bond donors (Lipinski definition) is 0. The summed E-state index contributed by atoms with van der Waals surface area (Å²) in [5.41, 5.74) is 1.06. The maximum atomic E-state index is 11.5. The first-order valence-electron chi connectivity index (χ1n) is 7.76. The molecule has 0 saturated heterocycles. The van der Waals surface area contributed by atoms with Gasteiger partial charge >= 0.3 is 5.97 Å². The quantitative estimate of drug-likeness (QED) is 0.680. The van der Waals surface area contributed by atoms with Crippen LogP contribution in [0.15, 0.2) is 12.1 Å². The van der Waals surface area contributed by atoms with Crippen LogP contribution in [0.4, 0.5) is 0 Å². The van der Waals surface area contributed by atoms with Gasteiger partial charge in [-0.25, -0.2) is 0 Å². The van der Waals surface area contributed by atoms with Gasteiger partial charge in [0.1, 0.15) is 11.5 Å². The molecule has 122 valence electrons. The fourth-order valence-electron chi connectivity index (χ4n) is 2.67. The van der Waals surface area contributed by atoms with Crippen LogP contribution in [0.5, 0.6) is 11.5 Å². The van der Waals surface area contributed by atoms with Gasteiger partial charge in [0, 0.05) is 6.07 Å². The summed E-state index contributed by atoms with van der Waals surface area (Å²) in [6.45, 7) is 5.03. The molecule has 0 spiro atoms. The van der Waals surface area contributed by atoms with Crippen molar-refractivity contribution in [2.24, 2.45) is 11.8 Å². The van der Waals surface area contributed by atoms with Crippen molar-refractivity contribution in [3.63, 3.8) is 0 Å². The Morgan fingerprint density at radius 2 is 1.91 bits per heavy atom. The van der Waals surface area contributed by atoms with E-state index in [-0.39, 0.29) is 11.9 Å². The lowest BCUT2D eigenvalue weighted by Gasteiger charge is -2.14. The molecule has 0 amide bonds. The summed E-state index contributed by atoms with van der Waals surface area (Å²) >= 11 is 6.26. The number of benzene rings is 1. The van der Waals surface area contributed by atoms with E-state index in [0.717, 1.165) is 30.6 Å². The molecule has 0 radical (unpaired) electrons. The van der Waals surface area contributed by atoms with Crippen molar-refractivity contribution >= 4 is 17.6 Å². The van der Waals surface area contributed by atoms with Gasteiger partial charge in [0.05, 0.1) is 31.3 Å². The predicted molar refractivity (Wildman–Crippen MR) is 85.7 cm³/mol. The molecule has 1 aromatic carbocycles.